The van der Waals surface area contributed by atoms with E-state index in [1.807, 2.05) is 31.2 Å². The van der Waals surface area contributed by atoms with Crippen molar-refractivity contribution in [2.45, 2.75) is 25.9 Å². The molecule has 1 unspecified atom stereocenters. The van der Waals surface area contributed by atoms with Gasteiger partial charge in [0.25, 0.3) is 0 Å². The van der Waals surface area contributed by atoms with Gasteiger partial charge in [-0.2, -0.15) is 0 Å². The molecular weight excluding hydrogens is 254 g/mol. The zero-order valence-electron chi connectivity index (χ0n) is 11.9. The van der Waals surface area contributed by atoms with Gasteiger partial charge in [0.2, 0.25) is 5.91 Å². The lowest BCUT2D eigenvalue weighted by Gasteiger charge is -2.33. The van der Waals surface area contributed by atoms with E-state index >= 15 is 0 Å². The number of hydrogen-bond acceptors (Lipinski definition) is 4. The lowest BCUT2D eigenvalue weighted by Crippen LogP contribution is -2.36. The average Bonchev–Trinajstić information content (AvgIpc) is 2.48. The number of nitrogens with one attached hydrogen (secondary N) is 1. The summed E-state index contributed by atoms with van der Waals surface area (Å²) in [6.07, 6.45) is 1.33. The summed E-state index contributed by atoms with van der Waals surface area (Å²) < 4.78 is 0. The molecule has 1 fully saturated rings. The van der Waals surface area contributed by atoms with Crippen LogP contribution in [0, 0.1) is 5.92 Å². The Balaban J connectivity index is 2.12. The number of carbonyl (C=O) groups is 1. The standard InChI is InChI=1S/C15H23N3O2/c1-11(10-16)15(20)17-13-4-2-3-5-14(13)18-8-6-12(19)7-9-18/h2-5,11-12,19H,6-10,16H2,1H3,(H,17,20). The van der Waals surface area contributed by atoms with Crippen LogP contribution >= 0.6 is 0 Å². The Labute approximate surface area is 119 Å². The number of amides is 1. The van der Waals surface area contributed by atoms with Gasteiger partial charge in [-0.05, 0) is 25.0 Å². The number of aliphatic hydroxyl groups is 1. The van der Waals surface area contributed by atoms with Crippen molar-refractivity contribution in [2.24, 2.45) is 11.7 Å². The fourth-order valence-electron chi connectivity index (χ4n) is 2.32. The van der Waals surface area contributed by atoms with Crippen molar-refractivity contribution in [3.63, 3.8) is 0 Å². The molecule has 1 saturated heterocycles. The lowest BCUT2D eigenvalue weighted by molar-refractivity contribution is -0.119. The number of para-hydroxylation sites is 2. The van der Waals surface area contributed by atoms with Crippen LogP contribution in [0.4, 0.5) is 11.4 Å². The van der Waals surface area contributed by atoms with Crippen molar-refractivity contribution in [3.05, 3.63) is 24.3 Å². The molecule has 1 amide bonds. The normalized spacial score (nSPS) is 17.9. The summed E-state index contributed by atoms with van der Waals surface area (Å²) >= 11 is 0. The molecule has 1 aliphatic heterocycles. The Morgan fingerprint density at radius 3 is 2.75 bits per heavy atom. The molecule has 0 aliphatic carbocycles. The van der Waals surface area contributed by atoms with E-state index in [0.717, 1.165) is 37.3 Å². The summed E-state index contributed by atoms with van der Waals surface area (Å²) in [4.78, 5) is 14.2. The van der Waals surface area contributed by atoms with Crippen LogP contribution in [0.5, 0.6) is 0 Å². The SMILES string of the molecule is CC(CN)C(=O)Nc1ccccc1N1CCC(O)CC1. The van der Waals surface area contributed by atoms with Crippen LogP contribution in [0.15, 0.2) is 24.3 Å². The second-order valence-corrected chi connectivity index (χ2v) is 5.36. The summed E-state index contributed by atoms with van der Waals surface area (Å²) in [6, 6.07) is 7.77. The third kappa shape index (κ3) is 3.49. The highest BCUT2D eigenvalue weighted by molar-refractivity contribution is 5.95. The van der Waals surface area contributed by atoms with Crippen LogP contribution in [0.3, 0.4) is 0 Å². The van der Waals surface area contributed by atoms with E-state index in [9.17, 15) is 9.90 Å². The molecule has 0 aromatic heterocycles. The molecule has 1 aliphatic rings. The van der Waals surface area contributed by atoms with Gasteiger partial charge < -0.3 is 21.1 Å². The van der Waals surface area contributed by atoms with Gasteiger partial charge in [-0.25, -0.2) is 0 Å². The predicted molar refractivity (Wildman–Crippen MR) is 80.7 cm³/mol. The topological polar surface area (TPSA) is 78.6 Å². The third-order valence-electron chi connectivity index (χ3n) is 3.77. The minimum absolute atomic E-state index is 0.0583. The highest BCUT2D eigenvalue weighted by atomic mass is 16.3. The predicted octanol–water partition coefficient (Wildman–Crippen LogP) is 1.18. The van der Waals surface area contributed by atoms with Crippen molar-refractivity contribution < 1.29 is 9.90 Å². The second-order valence-electron chi connectivity index (χ2n) is 5.36. The van der Waals surface area contributed by atoms with Gasteiger partial charge in [-0.15, -0.1) is 0 Å². The van der Waals surface area contributed by atoms with Crippen molar-refractivity contribution in [1.82, 2.24) is 0 Å². The molecule has 0 bridgehead atoms. The molecule has 1 atom stereocenters. The van der Waals surface area contributed by atoms with E-state index in [1.165, 1.54) is 0 Å². The van der Waals surface area contributed by atoms with Gasteiger partial charge in [-0.1, -0.05) is 19.1 Å². The van der Waals surface area contributed by atoms with E-state index in [4.69, 9.17) is 5.73 Å². The molecule has 4 N–H and O–H groups in total. The third-order valence-corrected chi connectivity index (χ3v) is 3.77. The van der Waals surface area contributed by atoms with Gasteiger partial charge in [0.1, 0.15) is 0 Å². The Morgan fingerprint density at radius 1 is 1.45 bits per heavy atom. The fourth-order valence-corrected chi connectivity index (χ4v) is 2.32. The summed E-state index contributed by atoms with van der Waals surface area (Å²) in [7, 11) is 0. The molecule has 110 valence electrons. The first-order valence-electron chi connectivity index (χ1n) is 7.14. The van der Waals surface area contributed by atoms with Gasteiger partial charge in [-0.3, -0.25) is 4.79 Å². The molecule has 1 heterocycles. The molecule has 20 heavy (non-hydrogen) atoms. The Kier molecular flexibility index (Phi) is 4.98. The Hall–Kier alpha value is -1.59. The molecule has 1 aromatic carbocycles. The van der Waals surface area contributed by atoms with Crippen molar-refractivity contribution in [3.8, 4) is 0 Å². The van der Waals surface area contributed by atoms with Crippen molar-refractivity contribution >= 4 is 17.3 Å². The number of rotatable bonds is 4. The van der Waals surface area contributed by atoms with Gasteiger partial charge in [0.15, 0.2) is 0 Å². The average molecular weight is 277 g/mol. The van der Waals surface area contributed by atoms with Crippen LogP contribution in [-0.2, 0) is 4.79 Å². The maximum absolute atomic E-state index is 12.0. The molecule has 2 rings (SSSR count). The van der Waals surface area contributed by atoms with Crippen LogP contribution in [0.1, 0.15) is 19.8 Å². The highest BCUT2D eigenvalue weighted by Gasteiger charge is 2.20. The number of benzene rings is 1. The lowest BCUT2D eigenvalue weighted by atomic mass is 10.1. The van der Waals surface area contributed by atoms with Gasteiger partial charge in [0, 0.05) is 25.6 Å². The quantitative estimate of drug-likeness (QED) is 0.772. The Morgan fingerprint density at radius 2 is 2.10 bits per heavy atom. The van der Waals surface area contributed by atoms with Gasteiger partial charge in [0.05, 0.1) is 17.5 Å². The maximum Gasteiger partial charge on any atom is 0.228 e. The largest absolute Gasteiger partial charge is 0.393 e. The van der Waals surface area contributed by atoms with E-state index in [2.05, 4.69) is 10.2 Å². The number of hydrogen-bond donors (Lipinski definition) is 3. The molecule has 1 aromatic rings. The van der Waals surface area contributed by atoms with E-state index < -0.39 is 0 Å². The molecular formula is C15H23N3O2. The number of nitrogens with two attached hydrogens (primary N) is 1. The van der Waals surface area contributed by atoms with E-state index in [0.29, 0.717) is 6.54 Å². The van der Waals surface area contributed by atoms with Crippen LogP contribution in [0.25, 0.3) is 0 Å². The number of aliphatic hydroxyl groups excluding tert-OH is 1. The first-order valence-corrected chi connectivity index (χ1v) is 7.14. The van der Waals surface area contributed by atoms with Crippen molar-refractivity contribution in [1.29, 1.82) is 0 Å². The van der Waals surface area contributed by atoms with Gasteiger partial charge >= 0.3 is 0 Å². The van der Waals surface area contributed by atoms with Crippen molar-refractivity contribution in [2.75, 3.05) is 29.9 Å². The summed E-state index contributed by atoms with van der Waals surface area (Å²) in [5, 5.41) is 12.5. The first-order chi connectivity index (χ1) is 9.61. The summed E-state index contributed by atoms with van der Waals surface area (Å²) in [6.45, 7) is 3.76. The first kappa shape index (κ1) is 14.8. The zero-order valence-corrected chi connectivity index (χ0v) is 11.9. The molecule has 5 heteroatoms. The number of nitrogens with zero attached hydrogens (tertiary/aromatic N) is 1. The summed E-state index contributed by atoms with van der Waals surface area (Å²) in [5.74, 6) is -0.261. The minimum atomic E-state index is -0.203. The maximum atomic E-state index is 12.0. The number of piperidine rings is 1. The fraction of sp³-hybridized carbons (Fsp3) is 0.533. The zero-order chi connectivity index (χ0) is 14.5. The van der Waals surface area contributed by atoms with E-state index in [-0.39, 0.29) is 17.9 Å². The van der Waals surface area contributed by atoms with Crippen LogP contribution in [-0.4, -0.2) is 36.8 Å². The number of anilines is 2. The molecule has 5 nitrogen and oxygen atoms in total. The van der Waals surface area contributed by atoms with Crippen LogP contribution < -0.4 is 16.0 Å². The smallest absolute Gasteiger partial charge is 0.228 e. The molecule has 0 saturated carbocycles. The monoisotopic (exact) mass is 277 g/mol. The Bertz CT molecular complexity index is 456. The second kappa shape index (κ2) is 6.72. The van der Waals surface area contributed by atoms with E-state index in [1.54, 1.807) is 0 Å². The summed E-state index contributed by atoms with van der Waals surface area (Å²) in [5.41, 5.74) is 7.35. The molecule has 0 radical (unpaired) electrons. The highest BCUT2D eigenvalue weighted by Crippen LogP contribution is 2.28. The molecule has 0 spiro atoms. The van der Waals surface area contributed by atoms with Crippen LogP contribution in [0.2, 0.25) is 0 Å². The number of carbonyl (C=O) groups excluding carboxylic acids is 1. The minimum Gasteiger partial charge on any atom is -0.393 e.